The fourth-order valence-corrected chi connectivity index (χ4v) is 6.23. The number of hydrogen-bond acceptors (Lipinski definition) is 20. The molecule has 0 saturated carbocycles. The molecule has 0 bridgehead atoms. The van der Waals surface area contributed by atoms with Crippen LogP contribution in [-0.4, -0.2) is 76.7 Å². The number of aromatic hydroxyl groups is 2. The van der Waals surface area contributed by atoms with Crippen LogP contribution in [0.25, 0.3) is 22.9 Å². The Labute approximate surface area is 369 Å². The maximum absolute atomic E-state index is 11.8. The second-order valence-corrected chi connectivity index (χ2v) is 14.7. The van der Waals surface area contributed by atoms with Crippen LogP contribution in [0.1, 0.15) is 27.0 Å². The third-order valence-electron chi connectivity index (χ3n) is 8.41. The van der Waals surface area contributed by atoms with Crippen molar-refractivity contribution >= 4 is 100 Å². The van der Waals surface area contributed by atoms with E-state index in [0.717, 1.165) is 12.1 Å². The summed E-state index contributed by atoms with van der Waals surface area (Å²) >= 11 is 0. The smallest absolute Gasteiger partial charge is 0.425 e. The number of non-ortho nitro benzene ring substituents is 1. The number of ether oxygens (including phenoxy) is 1. The lowest BCUT2D eigenvalue weighted by molar-refractivity contribution is -0.385. The molecule has 0 spiro atoms. The van der Waals surface area contributed by atoms with Gasteiger partial charge in [-0.3, -0.25) is 14.7 Å². The minimum atomic E-state index is -4.73. The Balaban J connectivity index is 0.00000107. The highest BCUT2D eigenvalue weighted by molar-refractivity contribution is 7.86. The number of fused-ring (bicyclic) bond motifs is 1. The van der Waals surface area contributed by atoms with Gasteiger partial charge in [-0.25, -0.2) is 4.79 Å². The van der Waals surface area contributed by atoms with Crippen molar-refractivity contribution in [2.45, 2.75) is 11.5 Å². The van der Waals surface area contributed by atoms with Crippen molar-refractivity contribution in [1.29, 1.82) is 0 Å². The zero-order valence-corrected chi connectivity index (χ0v) is 35.2. The average molecular weight is 951 g/mol. The topological polar surface area (TPSA) is 369 Å². The third-order valence-corrected chi connectivity index (χ3v) is 9.32. The van der Waals surface area contributed by atoms with Crippen LogP contribution in [0.15, 0.2) is 128 Å². The molecule has 0 fully saturated rings. The van der Waals surface area contributed by atoms with E-state index in [0.29, 0.717) is 39.0 Å². The summed E-state index contributed by atoms with van der Waals surface area (Å²) in [6.45, 7) is -0.432. The number of nitro benzene ring substituents is 1. The number of aliphatic hydroxyl groups is 1. The Morgan fingerprint density at radius 1 is 0.769 bits per heavy atom. The number of hydrogen-bond donors (Lipinski definition) is 6. The van der Waals surface area contributed by atoms with E-state index in [1.165, 1.54) is 49.6 Å². The SMILES string of the molecule is COc1cc(N=Nc2ccc(C=Cc3ccc([N+](=O)[O-])cc3S(=O)(=O)O)cc2)c(CO)cc1N=Nc1ccc2cc(Nc3ccc(O)c(C(=O)O)c3)ccc2c1O.O=S(=O)=O.O=S(=O)=O. The van der Waals surface area contributed by atoms with E-state index >= 15 is 0 Å². The number of aliphatic hydroxyl groups excluding tert-OH is 1. The normalized spacial score (nSPS) is 11.1. The van der Waals surface area contributed by atoms with Gasteiger partial charge in [-0.1, -0.05) is 30.4 Å². The Morgan fingerprint density at radius 2 is 1.38 bits per heavy atom. The number of methoxy groups -OCH3 is 1. The van der Waals surface area contributed by atoms with Crippen LogP contribution in [-0.2, 0) is 37.9 Å². The molecule has 0 atom stereocenters. The fraction of sp³-hybridized carbons (Fsp3) is 0.0513. The first-order chi connectivity index (χ1) is 30.7. The van der Waals surface area contributed by atoms with E-state index in [9.17, 15) is 48.3 Å². The van der Waals surface area contributed by atoms with Crippen molar-refractivity contribution in [2.24, 2.45) is 20.5 Å². The Kier molecular flexibility index (Phi) is 16.8. The van der Waals surface area contributed by atoms with Crippen molar-refractivity contribution in [3.8, 4) is 17.2 Å². The predicted molar refractivity (Wildman–Crippen MR) is 229 cm³/mol. The van der Waals surface area contributed by atoms with Gasteiger partial charge in [0.15, 0.2) is 5.75 Å². The number of carboxylic acid groups (broad SMARTS) is 1. The number of carbonyl (C=O) groups is 1. The quantitative estimate of drug-likeness (QED) is 0.0164. The minimum absolute atomic E-state index is 0.0470. The lowest BCUT2D eigenvalue weighted by atomic mass is 10.1. The molecule has 0 aliphatic heterocycles. The van der Waals surface area contributed by atoms with Crippen LogP contribution in [0.4, 0.5) is 39.8 Å². The molecule has 65 heavy (non-hydrogen) atoms. The van der Waals surface area contributed by atoms with Crippen LogP contribution >= 0.6 is 0 Å². The van der Waals surface area contributed by atoms with Gasteiger partial charge in [0.05, 0.1) is 30.0 Å². The summed E-state index contributed by atoms with van der Waals surface area (Å²) in [7, 11) is -9.54. The first-order valence-electron chi connectivity index (χ1n) is 17.5. The Bertz CT molecular complexity index is 3200. The first kappa shape index (κ1) is 49.4. The number of nitrogens with one attached hydrogen (secondary N) is 1. The van der Waals surface area contributed by atoms with E-state index in [-0.39, 0.29) is 45.4 Å². The van der Waals surface area contributed by atoms with Gasteiger partial charge < -0.3 is 30.5 Å². The highest BCUT2D eigenvalue weighted by Gasteiger charge is 2.19. The Hall–Kier alpha value is -8.30. The van der Waals surface area contributed by atoms with Crippen LogP contribution in [0, 0.1) is 10.1 Å². The van der Waals surface area contributed by atoms with E-state index in [1.807, 2.05) is 0 Å². The average Bonchev–Trinajstić information content (AvgIpc) is 3.24. The molecule has 0 aliphatic rings. The van der Waals surface area contributed by atoms with Crippen molar-refractivity contribution < 1.29 is 73.1 Å². The van der Waals surface area contributed by atoms with Gasteiger partial charge in [-0.05, 0) is 83.2 Å². The molecule has 0 radical (unpaired) electrons. The van der Waals surface area contributed by atoms with E-state index in [1.54, 1.807) is 60.7 Å². The lowest BCUT2D eigenvalue weighted by Gasteiger charge is -2.11. The predicted octanol–water partition coefficient (Wildman–Crippen LogP) is 7.34. The van der Waals surface area contributed by atoms with Gasteiger partial charge in [-0.15, -0.1) is 35.5 Å². The second-order valence-electron chi connectivity index (χ2n) is 12.5. The molecule has 0 aliphatic carbocycles. The molecule has 6 N–H and O–H groups in total. The summed E-state index contributed by atoms with van der Waals surface area (Å²) < 4.78 is 89.3. The number of aromatic carboxylic acids is 1. The molecular weight excluding hydrogens is 921 g/mol. The van der Waals surface area contributed by atoms with Crippen molar-refractivity contribution in [2.75, 3.05) is 12.4 Å². The largest absolute Gasteiger partial charge is 0.507 e. The number of anilines is 2. The van der Waals surface area contributed by atoms with Gasteiger partial charge in [0, 0.05) is 40.5 Å². The van der Waals surface area contributed by atoms with Crippen molar-refractivity contribution in [3.63, 3.8) is 0 Å². The van der Waals surface area contributed by atoms with Crippen molar-refractivity contribution in [1.82, 2.24) is 0 Å². The van der Waals surface area contributed by atoms with Crippen LogP contribution in [0.5, 0.6) is 17.2 Å². The number of phenolic OH excluding ortho intramolecular Hbond substituents is 1. The Morgan fingerprint density at radius 3 is 1.98 bits per heavy atom. The number of nitro groups is 1. The fourth-order valence-electron chi connectivity index (χ4n) is 5.53. The van der Waals surface area contributed by atoms with Gasteiger partial charge in [0.25, 0.3) is 15.8 Å². The summed E-state index contributed by atoms with van der Waals surface area (Å²) in [5.41, 5.74) is 2.38. The van der Waals surface area contributed by atoms with Gasteiger partial charge >= 0.3 is 27.2 Å². The first-order valence-corrected chi connectivity index (χ1v) is 21.0. The highest BCUT2D eigenvalue weighted by atomic mass is 32.2. The summed E-state index contributed by atoms with van der Waals surface area (Å²) in [6.07, 6.45) is 2.94. The van der Waals surface area contributed by atoms with Crippen LogP contribution in [0.2, 0.25) is 0 Å². The number of phenols is 2. The summed E-state index contributed by atoms with van der Waals surface area (Å²) in [4.78, 5) is 21.1. The monoisotopic (exact) mass is 950 g/mol. The third kappa shape index (κ3) is 14.1. The molecular formula is C39H30N6O17S3. The molecule has 23 nitrogen and oxygen atoms in total. The molecule has 26 heteroatoms. The highest BCUT2D eigenvalue weighted by Crippen LogP contribution is 2.40. The molecule has 0 heterocycles. The molecule has 6 aromatic rings. The van der Waals surface area contributed by atoms with E-state index < -0.39 is 59.4 Å². The molecule has 0 unspecified atom stereocenters. The summed E-state index contributed by atoms with van der Waals surface area (Å²) in [5.74, 6) is -1.53. The van der Waals surface area contributed by atoms with Gasteiger partial charge in [-0.2, -0.15) is 18.6 Å². The minimum Gasteiger partial charge on any atom is -0.507 e. The molecule has 0 amide bonds. The zero-order valence-electron chi connectivity index (χ0n) is 32.8. The number of azo groups is 2. The maximum atomic E-state index is 11.8. The number of rotatable bonds is 13. The number of carboxylic acids is 1. The molecule has 6 aromatic carbocycles. The van der Waals surface area contributed by atoms with E-state index in [4.69, 9.17) is 30.0 Å². The van der Waals surface area contributed by atoms with E-state index in [2.05, 4.69) is 25.8 Å². The second kappa shape index (κ2) is 22.2. The summed E-state index contributed by atoms with van der Waals surface area (Å²) in [6, 6.07) is 25.2. The van der Waals surface area contributed by atoms with Gasteiger partial charge in [0.2, 0.25) is 0 Å². The molecule has 0 aromatic heterocycles. The lowest BCUT2D eigenvalue weighted by Crippen LogP contribution is -2.02. The maximum Gasteiger partial charge on any atom is 0.425 e. The molecule has 336 valence electrons. The standard InChI is InChI=1S/C39H30N6O11S.2O3S/c1-56-36-20-33(43-41-26-8-3-22(4-9-26)2-5-23-6-12-29(45(51)52)19-37(23)57(53,54)55)25(21-46)17-34(36)44-42-32-14-7-24-16-27(10-13-30(24)38(32)48)40-28-11-15-35(47)31(18-28)39(49)50;2*1-4(2)3/h2-20,40,46-48H,21H2,1H3,(H,49,50)(H,53,54,55);;. The number of nitrogens with zero attached hydrogens (tertiary/aromatic N) is 5. The van der Waals surface area contributed by atoms with Crippen molar-refractivity contribution in [3.05, 3.63) is 135 Å². The van der Waals surface area contributed by atoms with Crippen LogP contribution in [0.3, 0.4) is 0 Å². The number of benzene rings is 6. The van der Waals surface area contributed by atoms with Crippen LogP contribution < -0.4 is 10.1 Å². The molecule has 6 rings (SSSR count). The molecule has 0 saturated heterocycles. The zero-order chi connectivity index (χ0) is 48.0. The summed E-state index contributed by atoms with van der Waals surface area (Å²) in [5, 5.41) is 72.5. The van der Waals surface area contributed by atoms with Gasteiger partial charge in [0.1, 0.15) is 33.3 Å².